The maximum Gasteiger partial charge on any atom is 0.245 e. The van der Waals surface area contributed by atoms with Crippen LogP contribution >= 0.6 is 0 Å². The van der Waals surface area contributed by atoms with Gasteiger partial charge in [0.1, 0.15) is 59.2 Å². The van der Waals surface area contributed by atoms with Gasteiger partial charge >= 0.3 is 0 Å². The summed E-state index contributed by atoms with van der Waals surface area (Å²) in [6.45, 7) is 4.21. The summed E-state index contributed by atoms with van der Waals surface area (Å²) in [6.07, 6.45) is 4.66. The number of rotatable bonds is 2. The lowest BCUT2D eigenvalue weighted by atomic mass is 10.1. The Morgan fingerprint density at radius 2 is 1.73 bits per heavy atom. The van der Waals surface area contributed by atoms with E-state index in [0.29, 0.717) is 95.9 Å². The number of hydrogen-bond donors (Lipinski definition) is 1. The Kier molecular flexibility index (Phi) is 9.24. The van der Waals surface area contributed by atoms with Crippen LogP contribution < -0.4 is 19.9 Å². The van der Waals surface area contributed by atoms with E-state index < -0.39 is 29.8 Å². The highest BCUT2D eigenvalue weighted by atomic mass is 19.1. The van der Waals surface area contributed by atoms with Gasteiger partial charge in [-0.2, -0.15) is 15.1 Å². The van der Waals surface area contributed by atoms with Gasteiger partial charge in [0.15, 0.2) is 5.65 Å². The zero-order valence-corrected chi connectivity index (χ0v) is 34.7. The lowest BCUT2D eigenvalue weighted by Gasteiger charge is -2.33. The molecular formula is C44H46F2N12O4. The molecule has 16 nitrogen and oxygen atoms in total. The lowest BCUT2D eigenvalue weighted by Crippen LogP contribution is -2.49. The molecule has 5 aliphatic rings. The molecule has 0 saturated carbocycles. The first-order valence-electron chi connectivity index (χ1n) is 21.3. The number of carbonyl (C=O) groups is 2. The summed E-state index contributed by atoms with van der Waals surface area (Å²) in [5, 5.41) is 8.99. The maximum absolute atomic E-state index is 15.2. The van der Waals surface area contributed by atoms with Gasteiger partial charge in [-0.3, -0.25) is 9.59 Å². The highest BCUT2D eigenvalue weighted by Crippen LogP contribution is 2.39. The lowest BCUT2D eigenvalue weighted by molar-refractivity contribution is -0.134. The molecule has 18 heteroatoms. The first-order valence-corrected chi connectivity index (χ1v) is 21.3. The van der Waals surface area contributed by atoms with Crippen LogP contribution in [0.2, 0.25) is 0 Å². The number of aromatic nitrogens is 7. The maximum atomic E-state index is 15.2. The van der Waals surface area contributed by atoms with E-state index in [-0.39, 0.29) is 42.8 Å². The number of nitrogens with one attached hydrogen (secondary N) is 1. The van der Waals surface area contributed by atoms with Gasteiger partial charge in [-0.25, -0.2) is 23.4 Å². The Labute approximate surface area is 355 Å². The smallest absolute Gasteiger partial charge is 0.245 e. The number of fused-ring (bicyclic) bond motifs is 11. The van der Waals surface area contributed by atoms with Crippen LogP contribution in [0.4, 0.5) is 26.4 Å². The predicted molar refractivity (Wildman–Crippen MR) is 226 cm³/mol. The quantitative estimate of drug-likeness (QED) is 0.257. The number of methoxy groups -OCH3 is 1. The normalized spacial score (nSPS) is 23.9. The van der Waals surface area contributed by atoms with Crippen LogP contribution in [0, 0.1) is 18.6 Å². The zero-order chi connectivity index (χ0) is 42.4. The van der Waals surface area contributed by atoms with Crippen LogP contribution in [0.15, 0.2) is 54.7 Å². The molecule has 9 heterocycles. The third-order valence-electron chi connectivity index (χ3n) is 13.2. The van der Waals surface area contributed by atoms with E-state index in [1.54, 1.807) is 36.0 Å². The van der Waals surface area contributed by atoms with Crippen LogP contribution in [0.1, 0.15) is 37.9 Å². The molecule has 3 fully saturated rings. The fraction of sp³-hybridized carbons (Fsp3) is 0.432. The Hall–Kier alpha value is -6.43. The number of carbonyl (C=O) groups excluding carboxylic acids is 2. The van der Waals surface area contributed by atoms with E-state index in [0.717, 1.165) is 24.8 Å². The largest absolute Gasteiger partial charge is 0.489 e. The van der Waals surface area contributed by atoms with E-state index in [4.69, 9.17) is 34.5 Å². The Balaban J connectivity index is 1.05. The van der Waals surface area contributed by atoms with Crippen molar-refractivity contribution in [2.75, 3.05) is 62.1 Å². The first kappa shape index (κ1) is 38.5. The second kappa shape index (κ2) is 14.9. The van der Waals surface area contributed by atoms with Crippen molar-refractivity contribution in [2.45, 2.75) is 75.8 Å². The zero-order valence-electron chi connectivity index (χ0n) is 34.7. The Bertz CT molecular complexity index is 2780. The molecule has 5 atom stereocenters. The SMILES string of the molecule is COC1CN(C)C(=O)C2CC(CN2c2nc3nc4c2cnn4-c2ccc(F)cc2OCC2CCCN2C(=O)[C@@H]2CCCN32)Nc2cccc(n2)-c2cc(F)cc3nc(C)n(c23)C1. The molecule has 2 aromatic carbocycles. The molecule has 6 aromatic rings. The van der Waals surface area contributed by atoms with Crippen molar-refractivity contribution in [3.05, 3.63) is 72.2 Å². The number of pyridine rings is 1. The molecule has 320 valence electrons. The fourth-order valence-corrected chi connectivity index (χ4v) is 10.2. The van der Waals surface area contributed by atoms with Crippen LogP contribution in [-0.2, 0) is 20.9 Å². The van der Waals surface area contributed by atoms with E-state index in [1.807, 2.05) is 44.4 Å². The summed E-state index contributed by atoms with van der Waals surface area (Å²) >= 11 is 0. The average molecular weight is 845 g/mol. The number of imidazole rings is 1. The van der Waals surface area contributed by atoms with E-state index in [9.17, 15) is 14.0 Å². The predicted octanol–water partition coefficient (Wildman–Crippen LogP) is 4.71. The summed E-state index contributed by atoms with van der Waals surface area (Å²) in [6, 6.07) is 11.2. The second-order valence-electron chi connectivity index (χ2n) is 17.1. The summed E-state index contributed by atoms with van der Waals surface area (Å²) in [4.78, 5) is 57.1. The molecule has 4 aromatic heterocycles. The standard InChI is InChI=1S/C44H46F2N12O4/c1-24-48-33-16-26(46)15-30-32-8-4-10-38(50-32)49-27-18-36(42(59)53(2)21-29(61-3)22-56(24)39(30)33)57(20-27)40-31-19-47-58-34-12-11-25(45)17-37(34)62-23-28-7-5-13-54(28)43(60)35-9-6-14-55(35)44(51-40)52-41(31)58/h4,8,10-12,15-17,19,27-29,35-36H,5-7,9,13-14,18,20-23H2,1-3H3,(H,49,50)/t27?,28?,29?,35-,36?/m0/s1. The van der Waals surface area contributed by atoms with Crippen molar-refractivity contribution in [3.63, 3.8) is 0 Å². The summed E-state index contributed by atoms with van der Waals surface area (Å²) in [7, 11) is 3.40. The van der Waals surface area contributed by atoms with Gasteiger partial charge in [0.25, 0.3) is 0 Å². The summed E-state index contributed by atoms with van der Waals surface area (Å²) < 4.78 is 46.1. The van der Waals surface area contributed by atoms with Gasteiger partial charge in [0, 0.05) is 64.1 Å². The van der Waals surface area contributed by atoms with E-state index in [1.165, 1.54) is 24.3 Å². The minimum atomic E-state index is -0.696. The van der Waals surface area contributed by atoms with Gasteiger partial charge in [0.2, 0.25) is 17.8 Å². The molecule has 0 spiro atoms. The second-order valence-corrected chi connectivity index (χ2v) is 17.1. The fourth-order valence-electron chi connectivity index (χ4n) is 10.2. The van der Waals surface area contributed by atoms with E-state index in [2.05, 4.69) is 5.32 Å². The number of aryl methyl sites for hydroxylation is 1. The Morgan fingerprint density at radius 3 is 2.60 bits per heavy atom. The third-order valence-corrected chi connectivity index (χ3v) is 13.2. The van der Waals surface area contributed by atoms with E-state index >= 15 is 4.39 Å². The number of anilines is 3. The van der Waals surface area contributed by atoms with Crippen LogP contribution in [-0.4, -0.2) is 133 Å². The summed E-state index contributed by atoms with van der Waals surface area (Å²) in [5.74, 6) is 1.33. The number of benzene rings is 2. The molecule has 6 bridgehead atoms. The van der Waals surface area contributed by atoms with Crippen molar-refractivity contribution in [1.29, 1.82) is 0 Å². The molecular weight excluding hydrogens is 799 g/mol. The van der Waals surface area contributed by atoms with Gasteiger partial charge in [-0.1, -0.05) is 6.07 Å². The average Bonchev–Trinajstić information content (AvgIpc) is 4.12. The number of hydrogen-bond acceptors (Lipinski definition) is 12. The van der Waals surface area contributed by atoms with Crippen molar-refractivity contribution < 1.29 is 27.8 Å². The topological polar surface area (TPSA) is 152 Å². The molecule has 62 heavy (non-hydrogen) atoms. The minimum absolute atomic E-state index is 0.00116. The monoisotopic (exact) mass is 844 g/mol. The van der Waals surface area contributed by atoms with Crippen LogP contribution in [0.3, 0.4) is 0 Å². The van der Waals surface area contributed by atoms with Crippen molar-refractivity contribution in [1.82, 2.24) is 44.1 Å². The number of halogens is 2. The molecule has 11 rings (SSSR count). The van der Waals surface area contributed by atoms with Gasteiger partial charge < -0.3 is 39.0 Å². The molecule has 5 aliphatic heterocycles. The number of likely N-dealkylation sites (N-methyl/N-ethyl adjacent to an activating group) is 1. The number of ether oxygens (including phenoxy) is 2. The van der Waals surface area contributed by atoms with Crippen LogP contribution in [0.25, 0.3) is 39.0 Å². The Morgan fingerprint density at radius 1 is 0.871 bits per heavy atom. The third kappa shape index (κ3) is 6.36. The highest BCUT2D eigenvalue weighted by molar-refractivity contribution is 5.95. The van der Waals surface area contributed by atoms with Crippen molar-refractivity contribution >= 4 is 51.5 Å². The molecule has 0 radical (unpaired) electrons. The van der Waals surface area contributed by atoms with Gasteiger partial charge in [-0.05, 0) is 69.4 Å². The summed E-state index contributed by atoms with van der Waals surface area (Å²) in [5.41, 5.74) is 3.33. The molecule has 1 N–H and O–H groups in total. The molecule has 0 aliphatic carbocycles. The molecule has 4 unspecified atom stereocenters. The number of nitrogens with zero attached hydrogens (tertiary/aromatic N) is 11. The number of amides is 2. The van der Waals surface area contributed by atoms with Gasteiger partial charge in [-0.15, -0.1) is 0 Å². The molecule has 3 saturated heterocycles. The van der Waals surface area contributed by atoms with Gasteiger partial charge in [0.05, 0.1) is 47.0 Å². The molecule has 2 amide bonds. The van der Waals surface area contributed by atoms with Crippen molar-refractivity contribution in [3.8, 4) is 22.7 Å². The highest BCUT2D eigenvalue weighted by Gasteiger charge is 2.44. The van der Waals surface area contributed by atoms with Crippen LogP contribution in [0.5, 0.6) is 5.75 Å². The first-order chi connectivity index (χ1) is 30.1. The minimum Gasteiger partial charge on any atom is -0.489 e. The van der Waals surface area contributed by atoms with Crippen molar-refractivity contribution in [2.24, 2.45) is 0 Å².